The lowest BCUT2D eigenvalue weighted by atomic mass is 10.2. The van der Waals surface area contributed by atoms with Crippen LogP contribution >= 0.6 is 58.0 Å². The van der Waals surface area contributed by atoms with Crippen molar-refractivity contribution in [3.05, 3.63) is 0 Å². The molecule has 0 aliphatic carbocycles. The summed E-state index contributed by atoms with van der Waals surface area (Å²) in [7, 11) is 0. The maximum atomic E-state index is 13.3. The molecule has 0 spiro atoms. The summed E-state index contributed by atoms with van der Waals surface area (Å²) >= 11 is 28.5. The highest BCUT2D eigenvalue weighted by Crippen LogP contribution is 2.51. The molecule has 1 heterocycles. The molecule has 0 saturated carbocycles. The van der Waals surface area contributed by atoms with E-state index in [0.717, 1.165) is 30.6 Å². The van der Waals surface area contributed by atoms with E-state index >= 15 is 0 Å². The fourth-order valence-electron chi connectivity index (χ4n) is 1.97. The van der Waals surface area contributed by atoms with Gasteiger partial charge in [-0.3, -0.25) is 9.91 Å². The summed E-state index contributed by atoms with van der Waals surface area (Å²) in [6.07, 6.45) is -2.76. The largest absolute Gasteiger partial charge is 0.429 e. The second-order valence-electron chi connectivity index (χ2n) is 4.82. The van der Waals surface area contributed by atoms with Gasteiger partial charge in [0, 0.05) is 6.54 Å². The molecule has 0 radical (unpaired) electrons. The van der Waals surface area contributed by atoms with Crippen molar-refractivity contribution in [2.24, 2.45) is 5.10 Å². The second kappa shape index (κ2) is 7.60. The predicted molar refractivity (Wildman–Crippen MR) is 85.7 cm³/mol. The Hall–Kier alpha value is 0.510. The third-order valence-electron chi connectivity index (χ3n) is 3.07. The van der Waals surface area contributed by atoms with Gasteiger partial charge in [-0.1, -0.05) is 84.2 Å². The molecule has 0 fully saturated rings. The molecule has 1 rings (SSSR count). The molecule has 1 aliphatic rings. The average molecular weight is 424 g/mol. The third-order valence-corrected chi connectivity index (χ3v) is 5.43. The molecule has 3 nitrogen and oxygen atoms in total. The third kappa shape index (κ3) is 4.76. The highest BCUT2D eigenvalue weighted by molar-refractivity contribution is 6.75. The fraction of sp³-hybridized carbons (Fsp3) is 0.909. The van der Waals surface area contributed by atoms with Gasteiger partial charge in [0.25, 0.3) is 0 Å². The SMILES string of the molecule is CCCCCCN1N=CN(C(Cl)(Cl)C(Cl)(Cl)Cl)C1C(F)(F)F. The number of rotatable bonds is 6. The molecule has 0 aromatic rings. The molecule has 0 N–H and O–H groups in total. The lowest BCUT2D eigenvalue weighted by Gasteiger charge is -2.41. The summed E-state index contributed by atoms with van der Waals surface area (Å²) < 4.78 is 35.3. The first-order valence-corrected chi connectivity index (χ1v) is 8.42. The van der Waals surface area contributed by atoms with Crippen LogP contribution in [-0.4, -0.2) is 43.4 Å². The van der Waals surface area contributed by atoms with Gasteiger partial charge in [0.1, 0.15) is 6.34 Å². The van der Waals surface area contributed by atoms with Crippen molar-refractivity contribution in [3.63, 3.8) is 0 Å². The molecule has 1 unspecified atom stereocenters. The summed E-state index contributed by atoms with van der Waals surface area (Å²) in [6, 6.07) is 0. The Morgan fingerprint density at radius 3 is 2.09 bits per heavy atom. The smallest absolute Gasteiger partial charge is 0.296 e. The van der Waals surface area contributed by atoms with Crippen LogP contribution in [0.5, 0.6) is 0 Å². The maximum Gasteiger partial charge on any atom is 0.429 e. The van der Waals surface area contributed by atoms with E-state index in [1.165, 1.54) is 0 Å². The number of hydrogen-bond donors (Lipinski definition) is 0. The Kier molecular flexibility index (Phi) is 7.10. The van der Waals surface area contributed by atoms with Crippen LogP contribution in [0.1, 0.15) is 32.6 Å². The van der Waals surface area contributed by atoms with E-state index in [1.807, 2.05) is 6.92 Å². The Labute approximate surface area is 152 Å². The van der Waals surface area contributed by atoms with Crippen LogP contribution in [0, 0.1) is 0 Å². The molecule has 1 atom stereocenters. The Morgan fingerprint density at radius 1 is 1.05 bits per heavy atom. The molecule has 0 bridgehead atoms. The van der Waals surface area contributed by atoms with Gasteiger partial charge in [-0.15, -0.1) is 0 Å². The summed E-state index contributed by atoms with van der Waals surface area (Å²) in [5.41, 5.74) is 0. The molecule has 0 aromatic heterocycles. The van der Waals surface area contributed by atoms with E-state index in [-0.39, 0.29) is 6.54 Å². The first-order valence-electron chi connectivity index (χ1n) is 6.53. The van der Waals surface area contributed by atoms with Crippen molar-refractivity contribution in [2.75, 3.05) is 6.54 Å². The van der Waals surface area contributed by atoms with Crippen LogP contribution in [0.2, 0.25) is 0 Å². The number of alkyl halides is 8. The number of unbranched alkanes of at least 4 members (excludes halogenated alkanes) is 3. The minimum absolute atomic E-state index is 0.0981. The minimum Gasteiger partial charge on any atom is -0.296 e. The van der Waals surface area contributed by atoms with Crippen molar-refractivity contribution >= 4 is 64.3 Å². The molecular weight excluding hydrogens is 408 g/mol. The summed E-state index contributed by atoms with van der Waals surface area (Å²) in [6.45, 7) is 2.10. The van der Waals surface area contributed by atoms with Gasteiger partial charge in [0.15, 0.2) is 0 Å². The van der Waals surface area contributed by atoms with Crippen molar-refractivity contribution in [3.8, 4) is 0 Å². The average Bonchev–Trinajstić information content (AvgIpc) is 2.77. The highest BCUT2D eigenvalue weighted by Gasteiger charge is 2.60. The Morgan fingerprint density at radius 2 is 1.64 bits per heavy atom. The van der Waals surface area contributed by atoms with Gasteiger partial charge in [0.05, 0.1) is 0 Å². The van der Waals surface area contributed by atoms with E-state index in [9.17, 15) is 13.2 Å². The standard InChI is InChI=1S/C11H15Cl5F3N3/c1-2-3-4-5-6-22-8(9(17,18)19)21(7-20-22)11(15,16)10(12,13)14/h7-8H,2-6H2,1H3. The zero-order valence-corrected chi connectivity index (χ0v) is 15.3. The monoisotopic (exact) mass is 421 g/mol. The van der Waals surface area contributed by atoms with Gasteiger partial charge < -0.3 is 0 Å². The van der Waals surface area contributed by atoms with E-state index in [1.54, 1.807) is 0 Å². The molecule has 22 heavy (non-hydrogen) atoms. The summed E-state index contributed by atoms with van der Waals surface area (Å²) in [5.74, 6) is 0. The first kappa shape index (κ1) is 20.6. The molecule has 11 heteroatoms. The van der Waals surface area contributed by atoms with Gasteiger partial charge in [0.2, 0.25) is 14.4 Å². The maximum absolute atomic E-state index is 13.3. The van der Waals surface area contributed by atoms with Crippen molar-refractivity contribution in [1.82, 2.24) is 9.91 Å². The molecule has 130 valence electrons. The quantitative estimate of drug-likeness (QED) is 0.318. The van der Waals surface area contributed by atoms with E-state index in [4.69, 9.17) is 58.0 Å². The van der Waals surface area contributed by atoms with Crippen LogP contribution < -0.4 is 0 Å². The van der Waals surface area contributed by atoms with Crippen molar-refractivity contribution in [2.45, 2.75) is 53.2 Å². The number of halogens is 8. The van der Waals surface area contributed by atoms with E-state index in [2.05, 4.69) is 5.10 Å². The number of hydrogen-bond acceptors (Lipinski definition) is 3. The molecular formula is C11H15Cl5F3N3. The highest BCUT2D eigenvalue weighted by atomic mass is 35.6. The van der Waals surface area contributed by atoms with Gasteiger partial charge >= 0.3 is 6.18 Å². The molecule has 0 amide bonds. The molecule has 1 aliphatic heterocycles. The predicted octanol–water partition coefficient (Wildman–Crippen LogP) is 5.52. The van der Waals surface area contributed by atoms with Gasteiger partial charge in [-0.05, 0) is 6.42 Å². The number of nitrogens with zero attached hydrogens (tertiary/aromatic N) is 3. The zero-order chi connectivity index (χ0) is 17.2. The molecule has 0 saturated heterocycles. The minimum atomic E-state index is -4.67. The lowest BCUT2D eigenvalue weighted by Crippen LogP contribution is -2.59. The topological polar surface area (TPSA) is 18.8 Å². The van der Waals surface area contributed by atoms with Crippen LogP contribution in [0.3, 0.4) is 0 Å². The number of hydrazone groups is 1. The Balaban J connectivity index is 2.90. The Bertz CT molecular complexity index is 397. The second-order valence-corrected chi connectivity index (χ2v) is 8.38. The normalized spacial score (nSPS) is 20.1. The summed E-state index contributed by atoms with van der Waals surface area (Å²) in [5, 5.41) is 4.56. The van der Waals surface area contributed by atoms with Gasteiger partial charge in [-0.25, -0.2) is 0 Å². The van der Waals surface area contributed by atoms with Gasteiger partial charge in [-0.2, -0.15) is 18.3 Å². The lowest BCUT2D eigenvalue weighted by molar-refractivity contribution is -0.210. The molecule has 0 aromatic carbocycles. The van der Waals surface area contributed by atoms with E-state index in [0.29, 0.717) is 11.3 Å². The van der Waals surface area contributed by atoms with Crippen LogP contribution in [0.25, 0.3) is 0 Å². The van der Waals surface area contributed by atoms with Crippen LogP contribution in [-0.2, 0) is 0 Å². The summed E-state index contributed by atoms with van der Waals surface area (Å²) in [4.78, 5) is 0.503. The fourth-order valence-corrected chi connectivity index (χ4v) is 2.54. The van der Waals surface area contributed by atoms with Crippen LogP contribution in [0.4, 0.5) is 13.2 Å². The van der Waals surface area contributed by atoms with Crippen LogP contribution in [0.15, 0.2) is 5.10 Å². The van der Waals surface area contributed by atoms with Crippen molar-refractivity contribution in [1.29, 1.82) is 0 Å². The van der Waals surface area contributed by atoms with E-state index < -0.39 is 20.6 Å². The first-order chi connectivity index (χ1) is 9.93. The zero-order valence-electron chi connectivity index (χ0n) is 11.6. The van der Waals surface area contributed by atoms with Crippen molar-refractivity contribution < 1.29 is 13.2 Å².